The van der Waals surface area contributed by atoms with Gasteiger partial charge in [0.2, 0.25) is 0 Å². The number of nitrogens with one attached hydrogen (secondary N) is 2. The molecular weight excluding hydrogens is 260 g/mol. The molecule has 1 aliphatic carbocycles. The Balaban J connectivity index is 1.95. The molecule has 1 saturated carbocycles. The topological polar surface area (TPSA) is 41.1 Å². The van der Waals surface area contributed by atoms with Crippen LogP contribution in [0.15, 0.2) is 24.3 Å². The van der Waals surface area contributed by atoms with E-state index < -0.39 is 0 Å². The van der Waals surface area contributed by atoms with Gasteiger partial charge in [-0.25, -0.2) is 0 Å². The maximum absolute atomic E-state index is 11.9. The van der Waals surface area contributed by atoms with Crippen molar-refractivity contribution in [1.29, 1.82) is 0 Å². The van der Waals surface area contributed by atoms with Crippen LogP contribution in [0.1, 0.15) is 63.7 Å². The van der Waals surface area contributed by atoms with Gasteiger partial charge in [-0.1, -0.05) is 20.3 Å². The van der Waals surface area contributed by atoms with E-state index in [1.54, 1.807) is 0 Å². The van der Waals surface area contributed by atoms with Crippen LogP contribution in [0, 0.1) is 5.41 Å². The number of anilines is 1. The summed E-state index contributed by atoms with van der Waals surface area (Å²) >= 11 is 0. The Kier molecular flexibility index (Phi) is 4.92. The summed E-state index contributed by atoms with van der Waals surface area (Å²) in [6, 6.07) is 8.53. The Labute approximate surface area is 128 Å². The van der Waals surface area contributed by atoms with Crippen LogP contribution in [-0.2, 0) is 0 Å². The van der Waals surface area contributed by atoms with Gasteiger partial charge in [0.15, 0.2) is 0 Å². The van der Waals surface area contributed by atoms with Crippen molar-refractivity contribution in [3.63, 3.8) is 0 Å². The Bertz CT molecular complexity index is 476. The summed E-state index contributed by atoms with van der Waals surface area (Å²) in [5.74, 6) is -0.00431. The van der Waals surface area contributed by atoms with E-state index in [0.29, 0.717) is 11.5 Å². The van der Waals surface area contributed by atoms with Crippen molar-refractivity contribution < 1.29 is 4.79 Å². The standard InChI is InChI=1S/C18H28N2O/c1-13(2)19-17(21)14-7-9-15(10-8-14)20-16-6-5-11-18(3,4)12-16/h7-10,13,16,20H,5-6,11-12H2,1-4H3,(H,19,21). The molecule has 0 aromatic heterocycles. The van der Waals surface area contributed by atoms with Gasteiger partial charge in [0.05, 0.1) is 0 Å². The maximum Gasteiger partial charge on any atom is 0.251 e. The van der Waals surface area contributed by atoms with Crippen LogP contribution in [0.5, 0.6) is 0 Å². The lowest BCUT2D eigenvalue weighted by molar-refractivity contribution is 0.0943. The highest BCUT2D eigenvalue weighted by molar-refractivity contribution is 5.94. The molecule has 1 atom stereocenters. The lowest BCUT2D eigenvalue weighted by atomic mass is 9.75. The van der Waals surface area contributed by atoms with Gasteiger partial charge in [0.1, 0.15) is 0 Å². The summed E-state index contributed by atoms with van der Waals surface area (Å²) in [6.07, 6.45) is 5.06. The van der Waals surface area contributed by atoms with Crippen molar-refractivity contribution in [2.75, 3.05) is 5.32 Å². The first-order valence-corrected chi connectivity index (χ1v) is 8.03. The molecule has 3 nitrogen and oxygen atoms in total. The van der Waals surface area contributed by atoms with Gasteiger partial charge < -0.3 is 10.6 Å². The molecule has 1 aliphatic rings. The zero-order chi connectivity index (χ0) is 15.5. The van der Waals surface area contributed by atoms with Crippen molar-refractivity contribution in [3.05, 3.63) is 29.8 Å². The summed E-state index contributed by atoms with van der Waals surface area (Å²) < 4.78 is 0. The number of rotatable bonds is 4. The lowest BCUT2D eigenvalue weighted by Crippen LogP contribution is -2.32. The number of benzene rings is 1. The van der Waals surface area contributed by atoms with E-state index >= 15 is 0 Å². The first-order chi connectivity index (χ1) is 9.85. The minimum Gasteiger partial charge on any atom is -0.382 e. The zero-order valence-electron chi connectivity index (χ0n) is 13.7. The maximum atomic E-state index is 11.9. The van der Waals surface area contributed by atoms with Crippen LogP contribution in [0.25, 0.3) is 0 Å². The SMILES string of the molecule is CC(C)NC(=O)c1ccc(NC2CCCC(C)(C)C2)cc1. The van der Waals surface area contributed by atoms with Crippen LogP contribution < -0.4 is 10.6 Å². The molecule has 0 spiro atoms. The van der Waals surface area contributed by atoms with Crippen LogP contribution in [0.4, 0.5) is 5.69 Å². The van der Waals surface area contributed by atoms with Crippen molar-refractivity contribution in [2.45, 2.75) is 65.5 Å². The van der Waals surface area contributed by atoms with Crippen molar-refractivity contribution in [3.8, 4) is 0 Å². The Morgan fingerprint density at radius 3 is 2.48 bits per heavy atom. The predicted octanol–water partition coefficient (Wildman–Crippen LogP) is 4.21. The third kappa shape index (κ3) is 4.76. The molecule has 1 amide bonds. The molecule has 1 fully saturated rings. The molecule has 1 aromatic rings. The molecular formula is C18H28N2O. The fourth-order valence-electron chi connectivity index (χ4n) is 3.12. The predicted molar refractivity (Wildman–Crippen MR) is 88.7 cm³/mol. The van der Waals surface area contributed by atoms with Crippen LogP contribution in [0.3, 0.4) is 0 Å². The van der Waals surface area contributed by atoms with Gasteiger partial charge >= 0.3 is 0 Å². The van der Waals surface area contributed by atoms with Crippen molar-refractivity contribution >= 4 is 11.6 Å². The van der Waals surface area contributed by atoms with E-state index in [1.807, 2.05) is 38.1 Å². The third-order valence-corrected chi connectivity index (χ3v) is 4.14. The summed E-state index contributed by atoms with van der Waals surface area (Å²) in [5, 5.41) is 6.52. The molecule has 0 radical (unpaired) electrons. The minimum absolute atomic E-state index is 0.00431. The van der Waals surface area contributed by atoms with Gasteiger partial charge in [-0.2, -0.15) is 0 Å². The van der Waals surface area contributed by atoms with E-state index in [9.17, 15) is 4.79 Å². The van der Waals surface area contributed by atoms with E-state index in [4.69, 9.17) is 0 Å². The lowest BCUT2D eigenvalue weighted by Gasteiger charge is -2.36. The normalized spacial score (nSPS) is 21.1. The average molecular weight is 288 g/mol. The average Bonchev–Trinajstić information content (AvgIpc) is 2.37. The van der Waals surface area contributed by atoms with Crippen LogP contribution in [0.2, 0.25) is 0 Å². The van der Waals surface area contributed by atoms with Crippen molar-refractivity contribution in [2.24, 2.45) is 5.41 Å². The molecule has 0 bridgehead atoms. The zero-order valence-corrected chi connectivity index (χ0v) is 13.7. The van der Waals surface area contributed by atoms with E-state index in [-0.39, 0.29) is 11.9 Å². The molecule has 21 heavy (non-hydrogen) atoms. The first-order valence-electron chi connectivity index (χ1n) is 8.03. The monoisotopic (exact) mass is 288 g/mol. The van der Waals surface area contributed by atoms with Gasteiger partial charge in [-0.05, 0) is 62.8 Å². The van der Waals surface area contributed by atoms with Crippen LogP contribution >= 0.6 is 0 Å². The molecule has 0 saturated heterocycles. The fraction of sp³-hybridized carbons (Fsp3) is 0.611. The molecule has 1 aromatic carbocycles. The molecule has 2 N–H and O–H groups in total. The van der Waals surface area contributed by atoms with Crippen molar-refractivity contribution in [1.82, 2.24) is 5.32 Å². The fourth-order valence-corrected chi connectivity index (χ4v) is 3.12. The number of amides is 1. The second-order valence-corrected chi connectivity index (χ2v) is 7.31. The number of hydrogen-bond donors (Lipinski definition) is 2. The highest BCUT2D eigenvalue weighted by Crippen LogP contribution is 2.36. The second kappa shape index (κ2) is 6.50. The van der Waals surface area contributed by atoms with E-state index in [1.165, 1.54) is 25.7 Å². The Morgan fingerprint density at radius 1 is 1.24 bits per heavy atom. The Morgan fingerprint density at radius 2 is 1.90 bits per heavy atom. The first kappa shape index (κ1) is 15.9. The quantitative estimate of drug-likeness (QED) is 0.871. The highest BCUT2D eigenvalue weighted by atomic mass is 16.1. The number of hydrogen-bond acceptors (Lipinski definition) is 2. The molecule has 2 rings (SSSR count). The van der Waals surface area contributed by atoms with E-state index in [0.717, 1.165) is 11.3 Å². The molecule has 1 unspecified atom stereocenters. The smallest absolute Gasteiger partial charge is 0.251 e. The van der Waals surface area contributed by atoms with Crippen LogP contribution in [-0.4, -0.2) is 18.0 Å². The summed E-state index contributed by atoms with van der Waals surface area (Å²) in [4.78, 5) is 11.9. The highest BCUT2D eigenvalue weighted by Gasteiger charge is 2.27. The summed E-state index contributed by atoms with van der Waals surface area (Å²) in [7, 11) is 0. The molecule has 0 aliphatic heterocycles. The third-order valence-electron chi connectivity index (χ3n) is 4.14. The van der Waals surface area contributed by atoms with Gasteiger partial charge in [-0.3, -0.25) is 4.79 Å². The number of carbonyl (C=O) groups is 1. The molecule has 0 heterocycles. The number of carbonyl (C=O) groups excluding carboxylic acids is 1. The van der Waals surface area contributed by atoms with Gasteiger partial charge in [0, 0.05) is 23.3 Å². The van der Waals surface area contributed by atoms with Gasteiger partial charge in [0.25, 0.3) is 5.91 Å². The molecule has 3 heteroatoms. The molecule has 116 valence electrons. The second-order valence-electron chi connectivity index (χ2n) is 7.31. The summed E-state index contributed by atoms with van der Waals surface area (Å²) in [6.45, 7) is 8.64. The van der Waals surface area contributed by atoms with Gasteiger partial charge in [-0.15, -0.1) is 0 Å². The minimum atomic E-state index is -0.00431. The Hall–Kier alpha value is -1.51. The van der Waals surface area contributed by atoms with E-state index in [2.05, 4.69) is 24.5 Å². The largest absolute Gasteiger partial charge is 0.382 e. The summed E-state index contributed by atoms with van der Waals surface area (Å²) in [5.41, 5.74) is 2.27.